The van der Waals surface area contributed by atoms with E-state index in [0.29, 0.717) is 12.7 Å². The lowest BCUT2D eigenvalue weighted by Gasteiger charge is -2.13. The van der Waals surface area contributed by atoms with Crippen molar-refractivity contribution in [1.82, 2.24) is 0 Å². The summed E-state index contributed by atoms with van der Waals surface area (Å²) in [6.07, 6.45) is 2.79. The van der Waals surface area contributed by atoms with E-state index in [0.717, 1.165) is 36.8 Å². The molecule has 1 saturated heterocycles. The highest BCUT2D eigenvalue weighted by molar-refractivity contribution is 5.42. The molecule has 24 heavy (non-hydrogen) atoms. The van der Waals surface area contributed by atoms with Crippen molar-refractivity contribution >= 4 is 0 Å². The first kappa shape index (κ1) is 16.8. The molecule has 2 aromatic rings. The van der Waals surface area contributed by atoms with Crippen molar-refractivity contribution in [2.75, 3.05) is 20.3 Å². The highest BCUT2D eigenvalue weighted by Gasteiger charge is 2.17. The molecule has 0 amide bonds. The lowest BCUT2D eigenvalue weighted by Crippen LogP contribution is -2.84. The molecular weight excluding hydrogens is 302 g/mol. The number of rotatable bonds is 8. The standard InChI is InChI=1S/C20H25NO3/c1-22-19-10-9-17(13-21-14-18-8-5-11-23-18)12-20(19)24-15-16-6-3-2-4-7-16/h2-4,6-7,9-10,12,18,21H,5,8,11,13-15H2,1H3/p+1/t18-/m0/s1. The molecule has 2 aromatic carbocycles. The Balaban J connectivity index is 1.57. The minimum atomic E-state index is 0.414. The van der Waals surface area contributed by atoms with Crippen molar-refractivity contribution < 1.29 is 19.5 Å². The fourth-order valence-electron chi connectivity index (χ4n) is 2.96. The highest BCUT2D eigenvalue weighted by atomic mass is 16.5. The Morgan fingerprint density at radius 3 is 2.71 bits per heavy atom. The van der Waals surface area contributed by atoms with Gasteiger partial charge in [-0.2, -0.15) is 0 Å². The van der Waals surface area contributed by atoms with Gasteiger partial charge in [0.25, 0.3) is 0 Å². The van der Waals surface area contributed by atoms with E-state index in [2.05, 4.69) is 29.6 Å². The Bertz CT molecular complexity index is 624. The van der Waals surface area contributed by atoms with Crippen LogP contribution in [0.2, 0.25) is 0 Å². The Morgan fingerprint density at radius 2 is 1.96 bits per heavy atom. The summed E-state index contributed by atoms with van der Waals surface area (Å²) in [5.41, 5.74) is 2.38. The van der Waals surface area contributed by atoms with Crippen molar-refractivity contribution in [3.63, 3.8) is 0 Å². The highest BCUT2D eigenvalue weighted by Crippen LogP contribution is 2.28. The van der Waals surface area contributed by atoms with Gasteiger partial charge in [-0.05, 0) is 36.6 Å². The molecule has 1 aliphatic heterocycles. The molecule has 4 heteroatoms. The second-order valence-corrected chi connectivity index (χ2v) is 6.12. The van der Waals surface area contributed by atoms with E-state index in [9.17, 15) is 0 Å². The maximum absolute atomic E-state index is 5.97. The summed E-state index contributed by atoms with van der Waals surface area (Å²) in [6, 6.07) is 16.3. The molecule has 0 aromatic heterocycles. The van der Waals surface area contributed by atoms with E-state index in [-0.39, 0.29) is 0 Å². The summed E-state index contributed by atoms with van der Waals surface area (Å²) in [6.45, 7) is 3.40. The molecule has 128 valence electrons. The van der Waals surface area contributed by atoms with Crippen LogP contribution in [-0.2, 0) is 17.9 Å². The first-order valence-electron chi connectivity index (χ1n) is 8.62. The summed E-state index contributed by atoms with van der Waals surface area (Å²) in [5.74, 6) is 1.57. The quantitative estimate of drug-likeness (QED) is 0.810. The van der Waals surface area contributed by atoms with Crippen LogP contribution < -0.4 is 14.8 Å². The van der Waals surface area contributed by atoms with E-state index >= 15 is 0 Å². The van der Waals surface area contributed by atoms with E-state index in [1.807, 2.05) is 24.3 Å². The maximum atomic E-state index is 5.97. The average molecular weight is 328 g/mol. The number of quaternary nitrogens is 1. The molecule has 1 fully saturated rings. The van der Waals surface area contributed by atoms with Crippen molar-refractivity contribution in [3.05, 3.63) is 59.7 Å². The van der Waals surface area contributed by atoms with Crippen LogP contribution in [0.5, 0.6) is 11.5 Å². The molecule has 0 unspecified atom stereocenters. The predicted octanol–water partition coefficient (Wildman–Crippen LogP) is 2.52. The van der Waals surface area contributed by atoms with Gasteiger partial charge in [-0.3, -0.25) is 0 Å². The van der Waals surface area contributed by atoms with Gasteiger partial charge in [0.05, 0.1) is 7.11 Å². The SMILES string of the molecule is COc1ccc(C[NH2+]C[C@@H]2CCCO2)cc1OCc1ccccc1. The van der Waals surface area contributed by atoms with Crippen molar-refractivity contribution in [1.29, 1.82) is 0 Å². The van der Waals surface area contributed by atoms with Gasteiger partial charge >= 0.3 is 0 Å². The van der Waals surface area contributed by atoms with E-state index in [1.54, 1.807) is 7.11 Å². The maximum Gasteiger partial charge on any atom is 0.162 e. The number of benzene rings is 2. The van der Waals surface area contributed by atoms with Crippen molar-refractivity contribution in [3.8, 4) is 11.5 Å². The number of ether oxygens (including phenoxy) is 3. The third-order valence-corrected chi connectivity index (χ3v) is 4.30. The van der Waals surface area contributed by atoms with Crippen molar-refractivity contribution in [2.45, 2.75) is 32.1 Å². The van der Waals surface area contributed by atoms with Gasteiger partial charge in [0.15, 0.2) is 11.5 Å². The third kappa shape index (κ3) is 4.73. The summed E-state index contributed by atoms with van der Waals surface area (Å²) < 4.78 is 17.1. The lowest BCUT2D eigenvalue weighted by atomic mass is 10.2. The Labute approximate surface area is 143 Å². The molecular formula is C20H26NO3+. The molecule has 0 saturated carbocycles. The van der Waals surface area contributed by atoms with Crippen LogP contribution >= 0.6 is 0 Å². The van der Waals surface area contributed by atoms with Gasteiger partial charge in [-0.15, -0.1) is 0 Å². The van der Waals surface area contributed by atoms with Crippen LogP contribution in [0, 0.1) is 0 Å². The second kappa shape index (κ2) is 8.71. The topological polar surface area (TPSA) is 44.3 Å². The second-order valence-electron chi connectivity index (χ2n) is 6.12. The van der Waals surface area contributed by atoms with Crippen LogP contribution in [-0.4, -0.2) is 26.4 Å². The summed E-state index contributed by atoms with van der Waals surface area (Å²) >= 11 is 0. The van der Waals surface area contributed by atoms with Crippen LogP contribution in [0.15, 0.2) is 48.5 Å². The molecule has 2 N–H and O–H groups in total. The zero-order valence-electron chi connectivity index (χ0n) is 14.2. The fraction of sp³-hybridized carbons (Fsp3) is 0.400. The van der Waals surface area contributed by atoms with Gasteiger partial charge in [0.1, 0.15) is 25.8 Å². The van der Waals surface area contributed by atoms with Gasteiger partial charge in [0, 0.05) is 12.2 Å². The van der Waals surface area contributed by atoms with Gasteiger partial charge in [-0.1, -0.05) is 30.3 Å². The zero-order chi connectivity index (χ0) is 16.6. The molecule has 0 aliphatic carbocycles. The monoisotopic (exact) mass is 328 g/mol. The van der Waals surface area contributed by atoms with Gasteiger partial charge in [-0.25, -0.2) is 0 Å². The minimum absolute atomic E-state index is 0.414. The summed E-state index contributed by atoms with van der Waals surface area (Å²) in [7, 11) is 1.67. The molecule has 0 radical (unpaired) electrons. The first-order chi connectivity index (χ1) is 11.8. The van der Waals surface area contributed by atoms with Crippen LogP contribution in [0.25, 0.3) is 0 Å². The fourth-order valence-corrected chi connectivity index (χ4v) is 2.96. The smallest absolute Gasteiger partial charge is 0.162 e. The van der Waals surface area contributed by atoms with E-state index in [4.69, 9.17) is 14.2 Å². The number of hydrogen-bond donors (Lipinski definition) is 1. The molecule has 4 nitrogen and oxygen atoms in total. The molecule has 0 spiro atoms. The molecule has 0 bridgehead atoms. The van der Waals surface area contributed by atoms with Crippen molar-refractivity contribution in [2.24, 2.45) is 0 Å². The number of methoxy groups -OCH3 is 1. The van der Waals surface area contributed by atoms with E-state index in [1.165, 1.54) is 18.4 Å². The number of nitrogens with two attached hydrogens (primary N) is 1. The minimum Gasteiger partial charge on any atom is -0.493 e. The summed E-state index contributed by atoms with van der Waals surface area (Å²) in [4.78, 5) is 0. The number of hydrogen-bond acceptors (Lipinski definition) is 3. The first-order valence-corrected chi connectivity index (χ1v) is 8.62. The third-order valence-electron chi connectivity index (χ3n) is 4.30. The Kier molecular flexibility index (Phi) is 6.10. The molecule has 3 rings (SSSR count). The van der Waals surface area contributed by atoms with Crippen LogP contribution in [0.3, 0.4) is 0 Å². The van der Waals surface area contributed by atoms with E-state index < -0.39 is 0 Å². The molecule has 1 heterocycles. The van der Waals surface area contributed by atoms with Gasteiger partial charge < -0.3 is 19.5 Å². The molecule has 1 atom stereocenters. The Hall–Kier alpha value is -2.04. The average Bonchev–Trinajstić information content (AvgIpc) is 3.14. The normalized spacial score (nSPS) is 17.0. The molecule has 1 aliphatic rings. The zero-order valence-corrected chi connectivity index (χ0v) is 14.2. The predicted molar refractivity (Wildman–Crippen MR) is 93.2 cm³/mol. The largest absolute Gasteiger partial charge is 0.493 e. The van der Waals surface area contributed by atoms with Crippen LogP contribution in [0.4, 0.5) is 0 Å². The summed E-state index contributed by atoms with van der Waals surface area (Å²) in [5, 5.41) is 2.30. The van der Waals surface area contributed by atoms with Crippen LogP contribution in [0.1, 0.15) is 24.0 Å². The van der Waals surface area contributed by atoms with Gasteiger partial charge in [0.2, 0.25) is 0 Å². The lowest BCUT2D eigenvalue weighted by molar-refractivity contribution is -0.676. The Morgan fingerprint density at radius 1 is 1.08 bits per heavy atom.